The lowest BCUT2D eigenvalue weighted by atomic mass is 9.64. The van der Waals surface area contributed by atoms with E-state index in [9.17, 15) is 24.3 Å². The van der Waals surface area contributed by atoms with Crippen molar-refractivity contribution in [2.45, 2.75) is 104 Å². The van der Waals surface area contributed by atoms with Gasteiger partial charge in [0.2, 0.25) is 5.91 Å². The van der Waals surface area contributed by atoms with Crippen LogP contribution in [0.4, 0.5) is 4.79 Å². The molecule has 0 saturated carbocycles. The third kappa shape index (κ3) is 9.74. The van der Waals surface area contributed by atoms with Crippen molar-refractivity contribution >= 4 is 47.0 Å². The van der Waals surface area contributed by atoms with Crippen molar-refractivity contribution in [3.8, 4) is 0 Å². The number of nitrogens with one attached hydrogen (secondary N) is 2. The normalized spacial score (nSPS) is 26.9. The number of aliphatic hydroxyl groups is 1. The van der Waals surface area contributed by atoms with Gasteiger partial charge in [-0.1, -0.05) is 63.5 Å². The Labute approximate surface area is 322 Å². The molecule has 12 heteroatoms. The highest BCUT2D eigenvalue weighted by atomic mass is 32.2. The summed E-state index contributed by atoms with van der Waals surface area (Å²) in [4.78, 5) is 55.8. The number of amides is 3. The highest BCUT2D eigenvalue weighted by Crippen LogP contribution is 2.48. The number of hydrogen-bond acceptors (Lipinski definition) is 9. The lowest BCUT2D eigenvalue weighted by Crippen LogP contribution is -2.70. The number of carbonyl (C=O) groups excluding carboxylic acids is 4. The van der Waals surface area contributed by atoms with Crippen LogP contribution in [-0.2, 0) is 30.3 Å². The van der Waals surface area contributed by atoms with Gasteiger partial charge in [-0.3, -0.25) is 14.5 Å². The maximum atomic E-state index is 13.7. The number of alkyl carbamates (subject to hydrolysis) is 1. The third-order valence-electron chi connectivity index (χ3n) is 10.3. The number of rotatable bonds is 15. The number of esters is 1. The van der Waals surface area contributed by atoms with Gasteiger partial charge in [0.25, 0.3) is 5.91 Å². The Bertz CT molecular complexity index is 1690. The van der Waals surface area contributed by atoms with Crippen LogP contribution in [0.3, 0.4) is 0 Å². The molecule has 0 bridgehead atoms. The van der Waals surface area contributed by atoms with E-state index < -0.39 is 40.9 Å². The van der Waals surface area contributed by atoms with Crippen molar-refractivity contribution in [1.29, 1.82) is 0 Å². The second-order valence-corrected chi connectivity index (χ2v) is 17.5. The van der Waals surface area contributed by atoms with E-state index in [1.54, 1.807) is 6.92 Å². The number of thiophene rings is 1. The van der Waals surface area contributed by atoms with Crippen LogP contribution < -0.4 is 10.6 Å². The fourth-order valence-electron chi connectivity index (χ4n) is 7.71. The van der Waals surface area contributed by atoms with E-state index in [4.69, 9.17) is 9.47 Å². The van der Waals surface area contributed by atoms with Gasteiger partial charge in [0, 0.05) is 17.2 Å². The van der Waals surface area contributed by atoms with Gasteiger partial charge in [-0.2, -0.15) is 0 Å². The lowest BCUT2D eigenvalue weighted by molar-refractivity contribution is -0.153. The van der Waals surface area contributed by atoms with Gasteiger partial charge in [-0.05, 0) is 99.0 Å². The molecule has 10 nitrogen and oxygen atoms in total. The number of thioether (sulfide) groups is 1. The molecule has 6 atom stereocenters. The average Bonchev–Trinajstić information content (AvgIpc) is 3.60. The molecule has 53 heavy (non-hydrogen) atoms. The second kappa shape index (κ2) is 17.7. The Morgan fingerprint density at radius 1 is 1.23 bits per heavy atom. The average molecular weight is 766 g/mol. The number of hydrogen-bond donors (Lipinski definition) is 3. The molecule has 4 aliphatic rings. The van der Waals surface area contributed by atoms with E-state index in [1.807, 2.05) is 50.4 Å². The van der Waals surface area contributed by atoms with E-state index >= 15 is 0 Å². The molecule has 1 aromatic rings. The van der Waals surface area contributed by atoms with Gasteiger partial charge >= 0.3 is 12.1 Å². The van der Waals surface area contributed by atoms with Crippen molar-refractivity contribution in [1.82, 2.24) is 15.5 Å². The molecule has 288 valence electrons. The van der Waals surface area contributed by atoms with Gasteiger partial charge in [-0.25, -0.2) is 9.59 Å². The molecule has 2 unspecified atom stereocenters. The van der Waals surface area contributed by atoms with Crippen LogP contribution in [0.15, 0.2) is 76.1 Å². The molecule has 2 aliphatic carbocycles. The molecular formula is C41H55N3O7S2. The second-order valence-electron chi connectivity index (χ2n) is 15.4. The number of nitrogens with zero attached hydrogens (tertiary/aromatic N) is 1. The Morgan fingerprint density at radius 2 is 2.00 bits per heavy atom. The summed E-state index contributed by atoms with van der Waals surface area (Å²) in [6, 6.07) is 2.97. The molecular weight excluding hydrogens is 711 g/mol. The maximum Gasteiger partial charge on any atom is 0.412 e. The third-order valence-corrected chi connectivity index (χ3v) is 12.5. The van der Waals surface area contributed by atoms with E-state index in [-0.39, 0.29) is 48.9 Å². The van der Waals surface area contributed by atoms with Crippen LogP contribution in [0.2, 0.25) is 0 Å². The zero-order valence-electron chi connectivity index (χ0n) is 31.9. The Morgan fingerprint density at radius 3 is 2.68 bits per heavy atom. The minimum atomic E-state index is -1.28. The summed E-state index contributed by atoms with van der Waals surface area (Å²) in [7, 11) is 0. The molecule has 1 fully saturated rings. The van der Waals surface area contributed by atoms with Gasteiger partial charge in [0.05, 0.1) is 24.5 Å². The number of ether oxygens (including phenoxy) is 2. The first kappa shape index (κ1) is 40.6. The van der Waals surface area contributed by atoms with Crippen molar-refractivity contribution in [2.75, 3.05) is 18.9 Å². The standard InChI is InChI=1S/C41H55N3O7S2/c1-8-9-10-12-27-18-32(34(41(7,49)20-27)31-17-26(6)14-15-30(31)25(4)5)51-40(48)42-21-28-23-53-38-35(43-33(45)19-29-13-11-16-52-29)37(46)44(38)36(28)39(47)50-22-24(2)3/h11,13,16-18,20,24,30-31,34-35,38,49H,4,8-10,12,14-15,19,21-23H2,1-3,5-7H3,(H,42,48)(H,43,45)/t30-,31+,34?,35+,38+,41?/m0/s1. The number of allylic oxidation sites excluding steroid dienone is 5. The van der Waals surface area contributed by atoms with Gasteiger partial charge in [-0.15, -0.1) is 23.1 Å². The largest absolute Gasteiger partial charge is 0.461 e. The first-order chi connectivity index (χ1) is 25.2. The number of fused-ring (bicyclic) bond motifs is 1. The van der Waals surface area contributed by atoms with Gasteiger partial charge < -0.3 is 25.2 Å². The summed E-state index contributed by atoms with van der Waals surface area (Å²) in [5.41, 5.74) is 2.51. The predicted molar refractivity (Wildman–Crippen MR) is 210 cm³/mol. The molecule has 5 rings (SSSR count). The maximum absolute atomic E-state index is 13.7. The smallest absolute Gasteiger partial charge is 0.412 e. The van der Waals surface area contributed by atoms with E-state index in [0.29, 0.717) is 17.1 Å². The van der Waals surface area contributed by atoms with Crippen LogP contribution >= 0.6 is 23.1 Å². The fraction of sp³-hybridized carbons (Fsp3) is 0.561. The predicted octanol–water partition coefficient (Wildman–Crippen LogP) is 7.19. The van der Waals surface area contributed by atoms with Crippen molar-refractivity contribution in [2.24, 2.45) is 23.7 Å². The molecule has 1 saturated heterocycles. The molecule has 3 amide bonds. The zero-order valence-corrected chi connectivity index (χ0v) is 33.5. The SMILES string of the molecule is C=C(C)[C@@H]1CCC(C)=C[C@H]1C1C(OC(=O)NCC2=C(C(=O)OCC(C)C)N3C(=O)[C@@H](NC(=O)Cc4cccs4)[C@H]3SC2)=CC(CCCCC)=CC1(C)O. The number of carbonyl (C=O) groups is 4. The highest BCUT2D eigenvalue weighted by molar-refractivity contribution is 8.00. The molecule has 2 aliphatic heterocycles. The minimum Gasteiger partial charge on any atom is -0.461 e. The van der Waals surface area contributed by atoms with Crippen LogP contribution in [-0.4, -0.2) is 69.8 Å². The van der Waals surface area contributed by atoms with E-state index in [0.717, 1.165) is 54.5 Å². The first-order valence-electron chi connectivity index (χ1n) is 18.8. The van der Waals surface area contributed by atoms with Crippen LogP contribution in [0, 0.1) is 23.7 Å². The van der Waals surface area contributed by atoms with Crippen LogP contribution in [0.5, 0.6) is 0 Å². The van der Waals surface area contributed by atoms with Crippen LogP contribution in [0.25, 0.3) is 0 Å². The van der Waals surface area contributed by atoms with Crippen molar-refractivity contribution < 1.29 is 33.8 Å². The Hall–Kier alpha value is -3.61. The first-order valence-corrected chi connectivity index (χ1v) is 20.7. The van der Waals surface area contributed by atoms with Crippen LogP contribution in [0.1, 0.15) is 84.9 Å². The number of β-lactam (4-membered cyclic amide) rings is 1. The summed E-state index contributed by atoms with van der Waals surface area (Å²) >= 11 is 2.89. The van der Waals surface area contributed by atoms with E-state index in [2.05, 4.69) is 37.1 Å². The highest BCUT2D eigenvalue weighted by Gasteiger charge is 2.54. The molecule has 0 spiro atoms. The topological polar surface area (TPSA) is 134 Å². The summed E-state index contributed by atoms with van der Waals surface area (Å²) < 4.78 is 11.7. The minimum absolute atomic E-state index is 0.0613. The Kier molecular flexibility index (Phi) is 13.5. The lowest BCUT2D eigenvalue weighted by Gasteiger charge is -2.49. The quantitative estimate of drug-likeness (QED) is 0.0740. The van der Waals surface area contributed by atoms with Gasteiger partial charge in [0.15, 0.2) is 0 Å². The zero-order chi connectivity index (χ0) is 38.4. The molecule has 0 aromatic carbocycles. The van der Waals surface area contributed by atoms with Crippen molar-refractivity contribution in [3.05, 3.63) is 80.9 Å². The molecule has 3 heterocycles. The summed E-state index contributed by atoms with van der Waals surface area (Å²) in [5.74, 6) is -1.07. The van der Waals surface area contributed by atoms with E-state index in [1.165, 1.54) is 33.6 Å². The summed E-state index contributed by atoms with van der Waals surface area (Å²) in [6.45, 7) is 16.3. The number of unbranched alkanes of at least 4 members (excludes halogenated alkanes) is 2. The molecule has 1 aromatic heterocycles. The Balaban J connectivity index is 1.35. The molecule has 0 radical (unpaired) electrons. The van der Waals surface area contributed by atoms with Gasteiger partial charge in [0.1, 0.15) is 22.9 Å². The summed E-state index contributed by atoms with van der Waals surface area (Å²) in [5, 5.41) is 19.1. The van der Waals surface area contributed by atoms with Crippen molar-refractivity contribution in [3.63, 3.8) is 0 Å². The summed E-state index contributed by atoms with van der Waals surface area (Å²) in [6.07, 6.45) is 11.1. The monoisotopic (exact) mass is 765 g/mol. The fourth-order valence-corrected chi connectivity index (χ4v) is 9.76. The molecule has 3 N–H and O–H groups in total.